The van der Waals surface area contributed by atoms with Gasteiger partial charge in [0.2, 0.25) is 0 Å². The lowest BCUT2D eigenvalue weighted by Gasteiger charge is -2.38. The van der Waals surface area contributed by atoms with Crippen LogP contribution in [0.25, 0.3) is 0 Å². The zero-order valence-corrected chi connectivity index (χ0v) is 11.7. The fourth-order valence-electron chi connectivity index (χ4n) is 2.55. The highest BCUT2D eigenvalue weighted by Crippen LogP contribution is 2.41. The fourth-order valence-corrected chi connectivity index (χ4v) is 2.55. The van der Waals surface area contributed by atoms with Crippen LogP contribution in [0.5, 0.6) is 0 Å². The number of ether oxygens (including phenoxy) is 1. The molecule has 19 heavy (non-hydrogen) atoms. The summed E-state index contributed by atoms with van der Waals surface area (Å²) in [4.78, 5) is 25.6. The molecule has 104 valence electrons. The van der Waals surface area contributed by atoms with Crippen molar-refractivity contribution < 1.29 is 14.3 Å². The van der Waals surface area contributed by atoms with Crippen LogP contribution in [0, 0.1) is 23.2 Å². The topological polar surface area (TPSA) is 70.4 Å². The van der Waals surface area contributed by atoms with Crippen molar-refractivity contribution in [2.45, 2.75) is 51.7 Å². The molecule has 0 aromatic rings. The minimum Gasteiger partial charge on any atom is -0.444 e. The van der Waals surface area contributed by atoms with Gasteiger partial charge in [-0.25, -0.2) is 4.79 Å². The Hall–Kier alpha value is -1.57. The van der Waals surface area contributed by atoms with Crippen molar-refractivity contribution in [2.75, 3.05) is 6.54 Å². The molecular weight excluding hydrogens is 244 g/mol. The van der Waals surface area contributed by atoms with E-state index in [2.05, 4.69) is 6.07 Å². The third-order valence-corrected chi connectivity index (χ3v) is 3.52. The number of nitrogens with zero attached hydrogens (tertiary/aromatic N) is 2. The van der Waals surface area contributed by atoms with Gasteiger partial charge in [0, 0.05) is 13.0 Å². The van der Waals surface area contributed by atoms with Crippen LogP contribution in [0.4, 0.5) is 4.79 Å². The summed E-state index contributed by atoms with van der Waals surface area (Å²) in [5, 5.41) is 9.19. The number of nitriles is 1. The number of ketones is 1. The molecule has 0 aromatic heterocycles. The summed E-state index contributed by atoms with van der Waals surface area (Å²) >= 11 is 0. The zero-order chi connectivity index (χ0) is 14.2. The molecule has 0 spiro atoms. The Morgan fingerprint density at radius 3 is 2.53 bits per heavy atom. The summed E-state index contributed by atoms with van der Waals surface area (Å²) in [7, 11) is 0. The second-order valence-electron chi connectivity index (χ2n) is 6.32. The van der Waals surface area contributed by atoms with Crippen molar-refractivity contribution >= 4 is 11.9 Å². The van der Waals surface area contributed by atoms with Gasteiger partial charge in [-0.2, -0.15) is 5.26 Å². The lowest BCUT2D eigenvalue weighted by Crippen LogP contribution is -2.54. The summed E-state index contributed by atoms with van der Waals surface area (Å²) in [6.07, 6.45) is 1.81. The predicted octanol–water partition coefficient (Wildman–Crippen LogP) is 2.11. The number of Topliss-reactive ketones (excluding diaryl/α,β-unsaturated/α-hetero) is 1. The molecule has 0 N–H and O–H groups in total. The number of rotatable bonds is 1. The number of carbonyl (C=O) groups excluding carboxylic acids is 2. The van der Waals surface area contributed by atoms with Crippen LogP contribution in [0.3, 0.4) is 0 Å². The lowest BCUT2D eigenvalue weighted by atomic mass is 9.86. The van der Waals surface area contributed by atoms with E-state index in [1.165, 1.54) is 0 Å². The second-order valence-corrected chi connectivity index (χ2v) is 6.32. The van der Waals surface area contributed by atoms with Crippen molar-refractivity contribution in [1.29, 1.82) is 5.26 Å². The van der Waals surface area contributed by atoms with Gasteiger partial charge in [-0.3, -0.25) is 4.79 Å². The maximum absolute atomic E-state index is 12.2. The number of hydrogen-bond donors (Lipinski definition) is 0. The SMILES string of the molecule is CC(C)(C)OC(=O)N1CCC(=O)C(C#N)[C@@H]1C1CC1. The van der Waals surface area contributed by atoms with E-state index in [-0.39, 0.29) is 24.2 Å². The molecule has 2 atom stereocenters. The minimum atomic E-state index is -0.686. The molecule has 0 radical (unpaired) electrons. The molecule has 5 heteroatoms. The molecule has 1 unspecified atom stereocenters. The van der Waals surface area contributed by atoms with Crippen LogP contribution in [0.2, 0.25) is 0 Å². The van der Waals surface area contributed by atoms with E-state index in [1.807, 2.05) is 20.8 Å². The molecule has 2 rings (SSSR count). The first-order valence-corrected chi connectivity index (χ1v) is 6.75. The Bertz CT molecular complexity index is 429. The molecule has 2 fully saturated rings. The monoisotopic (exact) mass is 264 g/mol. The molecule has 1 aliphatic carbocycles. The largest absolute Gasteiger partial charge is 0.444 e. The Morgan fingerprint density at radius 2 is 2.05 bits per heavy atom. The van der Waals surface area contributed by atoms with Gasteiger partial charge in [0.15, 0.2) is 5.78 Å². The van der Waals surface area contributed by atoms with Crippen LogP contribution in [-0.2, 0) is 9.53 Å². The van der Waals surface area contributed by atoms with Crippen LogP contribution >= 0.6 is 0 Å². The van der Waals surface area contributed by atoms with E-state index < -0.39 is 17.6 Å². The van der Waals surface area contributed by atoms with E-state index in [0.717, 1.165) is 12.8 Å². The number of carbonyl (C=O) groups is 2. The molecule has 0 aromatic carbocycles. The fraction of sp³-hybridized carbons (Fsp3) is 0.786. The van der Waals surface area contributed by atoms with Gasteiger partial charge < -0.3 is 9.64 Å². The Kier molecular flexibility index (Phi) is 3.53. The van der Waals surface area contributed by atoms with Crippen LogP contribution in [0.15, 0.2) is 0 Å². The average Bonchev–Trinajstić information content (AvgIpc) is 3.09. The Labute approximate surface area is 113 Å². The third-order valence-electron chi connectivity index (χ3n) is 3.52. The quantitative estimate of drug-likeness (QED) is 0.727. The molecule has 1 amide bonds. The van der Waals surface area contributed by atoms with Gasteiger partial charge in [0.1, 0.15) is 11.5 Å². The van der Waals surface area contributed by atoms with Gasteiger partial charge in [-0.1, -0.05) is 0 Å². The van der Waals surface area contributed by atoms with E-state index in [1.54, 1.807) is 4.90 Å². The molecule has 1 saturated carbocycles. The third kappa shape index (κ3) is 3.06. The van der Waals surface area contributed by atoms with Gasteiger partial charge >= 0.3 is 6.09 Å². The average molecular weight is 264 g/mol. The smallest absolute Gasteiger partial charge is 0.410 e. The van der Waals surface area contributed by atoms with Crippen molar-refractivity contribution in [1.82, 2.24) is 4.90 Å². The number of hydrogen-bond acceptors (Lipinski definition) is 4. The predicted molar refractivity (Wildman–Crippen MR) is 68.2 cm³/mol. The normalized spacial score (nSPS) is 27.9. The van der Waals surface area contributed by atoms with Gasteiger partial charge in [0.05, 0.1) is 12.1 Å². The maximum Gasteiger partial charge on any atom is 0.410 e. The highest BCUT2D eigenvalue weighted by molar-refractivity contribution is 5.87. The van der Waals surface area contributed by atoms with Gasteiger partial charge in [0.25, 0.3) is 0 Å². The zero-order valence-electron chi connectivity index (χ0n) is 11.7. The van der Waals surface area contributed by atoms with Crippen molar-refractivity contribution in [2.24, 2.45) is 11.8 Å². The molecule has 2 aliphatic rings. The van der Waals surface area contributed by atoms with Crippen molar-refractivity contribution in [3.63, 3.8) is 0 Å². The van der Waals surface area contributed by atoms with Crippen molar-refractivity contribution in [3.05, 3.63) is 0 Å². The lowest BCUT2D eigenvalue weighted by molar-refractivity contribution is -0.126. The molecule has 5 nitrogen and oxygen atoms in total. The number of piperidine rings is 1. The maximum atomic E-state index is 12.2. The highest BCUT2D eigenvalue weighted by Gasteiger charge is 2.48. The molecule has 1 aliphatic heterocycles. The first kappa shape index (κ1) is 13.9. The summed E-state index contributed by atoms with van der Waals surface area (Å²) in [5.41, 5.74) is -0.561. The summed E-state index contributed by atoms with van der Waals surface area (Å²) in [6.45, 7) is 5.81. The molecule has 1 saturated heterocycles. The second kappa shape index (κ2) is 4.84. The Balaban J connectivity index is 2.16. The Morgan fingerprint density at radius 1 is 1.42 bits per heavy atom. The van der Waals surface area contributed by atoms with Crippen LogP contribution in [0.1, 0.15) is 40.0 Å². The molecular formula is C14H20N2O3. The standard InChI is InChI=1S/C14H20N2O3/c1-14(2,3)19-13(18)16-7-6-11(17)10(8-15)12(16)9-4-5-9/h9-10,12H,4-7H2,1-3H3/t10?,12-/m0/s1. The van der Waals surface area contributed by atoms with E-state index >= 15 is 0 Å². The van der Waals surface area contributed by atoms with Crippen molar-refractivity contribution in [3.8, 4) is 6.07 Å². The summed E-state index contributed by atoms with van der Waals surface area (Å²) in [6, 6.07) is 1.78. The first-order valence-electron chi connectivity index (χ1n) is 6.75. The van der Waals surface area contributed by atoms with Gasteiger partial charge in [-0.15, -0.1) is 0 Å². The minimum absolute atomic E-state index is 0.0424. The van der Waals surface area contributed by atoms with E-state index in [0.29, 0.717) is 6.54 Å². The van der Waals surface area contributed by atoms with Crippen LogP contribution < -0.4 is 0 Å². The molecule has 1 heterocycles. The summed E-state index contributed by atoms with van der Waals surface area (Å²) < 4.78 is 5.38. The number of amides is 1. The first-order chi connectivity index (χ1) is 8.83. The van der Waals surface area contributed by atoms with Gasteiger partial charge in [-0.05, 0) is 39.5 Å². The van der Waals surface area contributed by atoms with E-state index in [4.69, 9.17) is 4.74 Å². The van der Waals surface area contributed by atoms with Crippen LogP contribution in [-0.4, -0.2) is 35.0 Å². The summed E-state index contributed by atoms with van der Waals surface area (Å²) in [5.74, 6) is -0.450. The highest BCUT2D eigenvalue weighted by atomic mass is 16.6. The molecule has 0 bridgehead atoms. The van der Waals surface area contributed by atoms with E-state index in [9.17, 15) is 14.9 Å². The number of likely N-dealkylation sites (tertiary alicyclic amines) is 1.